The van der Waals surface area contributed by atoms with Crippen molar-refractivity contribution >= 4 is 0 Å². The predicted octanol–water partition coefficient (Wildman–Crippen LogP) is 2.36. The van der Waals surface area contributed by atoms with Crippen LogP contribution in [0.5, 0.6) is 0 Å². The van der Waals surface area contributed by atoms with Crippen LogP contribution in [0.4, 0.5) is 0 Å². The molecule has 0 nitrogen and oxygen atoms in total. The van der Waals surface area contributed by atoms with Crippen LogP contribution >= 0.6 is 0 Å². The van der Waals surface area contributed by atoms with E-state index >= 15 is 0 Å². The van der Waals surface area contributed by atoms with Crippen LogP contribution in [0.15, 0.2) is 11.1 Å². The maximum Gasteiger partial charge on any atom is -0.0131 e. The van der Waals surface area contributed by atoms with Gasteiger partial charge in [0.05, 0.1) is 0 Å². The Hall–Kier alpha value is -0.260. The van der Waals surface area contributed by atoms with Crippen molar-refractivity contribution < 1.29 is 0 Å². The van der Waals surface area contributed by atoms with E-state index in [1.165, 1.54) is 0 Å². The van der Waals surface area contributed by atoms with Crippen LogP contribution in [0.1, 0.15) is 25.7 Å². The highest BCUT2D eigenvalue weighted by molar-refractivity contribution is 5.50. The van der Waals surface area contributed by atoms with Crippen LogP contribution in [0.2, 0.25) is 0 Å². The van der Waals surface area contributed by atoms with E-state index in [-0.39, 0.29) is 0 Å². The van der Waals surface area contributed by atoms with Crippen molar-refractivity contribution in [2.45, 2.75) is 25.7 Å². The van der Waals surface area contributed by atoms with Crippen molar-refractivity contribution in [2.24, 2.45) is 23.7 Å². The zero-order valence-corrected chi connectivity index (χ0v) is 6.14. The van der Waals surface area contributed by atoms with Gasteiger partial charge in [0, 0.05) is 0 Å². The highest BCUT2D eigenvalue weighted by Crippen LogP contribution is 2.72. The normalized spacial score (nSPS) is 60.0. The van der Waals surface area contributed by atoms with Crippen molar-refractivity contribution in [3.05, 3.63) is 11.1 Å². The molecule has 10 heavy (non-hydrogen) atoms. The van der Waals surface area contributed by atoms with Crippen molar-refractivity contribution in [3.8, 4) is 0 Å². The second kappa shape index (κ2) is 1.11. The van der Waals surface area contributed by atoms with E-state index in [1.54, 1.807) is 25.7 Å². The molecule has 0 aromatic rings. The van der Waals surface area contributed by atoms with Gasteiger partial charge in [-0.25, -0.2) is 0 Å². The number of rotatable bonds is 0. The lowest BCUT2D eigenvalue weighted by Crippen LogP contribution is -2.57. The molecule has 0 amide bonds. The van der Waals surface area contributed by atoms with Crippen molar-refractivity contribution in [3.63, 3.8) is 0 Å². The summed E-state index contributed by atoms with van der Waals surface area (Å²) in [4.78, 5) is 0. The van der Waals surface area contributed by atoms with Gasteiger partial charge in [-0.2, -0.15) is 0 Å². The van der Waals surface area contributed by atoms with Gasteiger partial charge >= 0.3 is 0 Å². The van der Waals surface area contributed by atoms with Gasteiger partial charge in [0.1, 0.15) is 0 Å². The van der Waals surface area contributed by atoms with Gasteiger partial charge < -0.3 is 0 Å². The van der Waals surface area contributed by atoms with Crippen LogP contribution < -0.4 is 0 Å². The van der Waals surface area contributed by atoms with Crippen molar-refractivity contribution in [1.82, 2.24) is 0 Å². The monoisotopic (exact) mass is 132 g/mol. The van der Waals surface area contributed by atoms with Gasteiger partial charge in [0.25, 0.3) is 0 Å². The van der Waals surface area contributed by atoms with Gasteiger partial charge in [-0.15, -0.1) is 0 Å². The second-order valence-electron chi connectivity index (χ2n) is 4.49. The number of hydrogen-bond acceptors (Lipinski definition) is 0. The van der Waals surface area contributed by atoms with Crippen LogP contribution in [-0.4, -0.2) is 0 Å². The number of fused-ring (bicyclic) bond motifs is 6. The summed E-state index contributed by atoms with van der Waals surface area (Å²) < 4.78 is 0. The Balaban J connectivity index is 1.86. The minimum absolute atomic E-state index is 1.14. The standard InChI is InChI=1S/C10H12/c1-2-6-5(1)9-7-3-4-8(7)10(6)9/h5-8H,1-4H2. The fraction of sp³-hybridized carbons (Fsp3) is 0.800. The van der Waals surface area contributed by atoms with Crippen LogP contribution in [0, 0.1) is 23.7 Å². The van der Waals surface area contributed by atoms with E-state index in [1.807, 2.05) is 11.1 Å². The Labute approximate surface area is 61.3 Å². The average molecular weight is 132 g/mol. The molecular weight excluding hydrogens is 120 g/mol. The van der Waals surface area contributed by atoms with Crippen LogP contribution in [0.25, 0.3) is 0 Å². The summed E-state index contributed by atoms with van der Waals surface area (Å²) in [5, 5.41) is 0. The third kappa shape index (κ3) is 0.247. The van der Waals surface area contributed by atoms with Crippen molar-refractivity contribution in [1.29, 1.82) is 0 Å². The molecule has 0 N–H and O–H groups in total. The second-order valence-corrected chi connectivity index (χ2v) is 4.49. The lowest BCUT2D eigenvalue weighted by atomic mass is 9.37. The van der Waals surface area contributed by atoms with E-state index in [4.69, 9.17) is 0 Å². The van der Waals surface area contributed by atoms with Crippen molar-refractivity contribution in [2.75, 3.05) is 0 Å². The first-order valence-corrected chi connectivity index (χ1v) is 4.70. The SMILES string of the molecule is C1CC2C3=C(C12)C1CCC31. The Kier molecular flexibility index (Phi) is 0.508. The Morgan fingerprint density at radius 1 is 0.600 bits per heavy atom. The fourth-order valence-electron chi connectivity index (χ4n) is 3.70. The molecule has 4 aliphatic rings. The Morgan fingerprint density at radius 3 is 1.10 bits per heavy atom. The lowest BCUT2D eigenvalue weighted by molar-refractivity contribution is 0.0337. The van der Waals surface area contributed by atoms with Gasteiger partial charge in [-0.1, -0.05) is 11.1 Å². The molecule has 2 saturated carbocycles. The molecule has 0 aromatic carbocycles. The average Bonchev–Trinajstić information content (AvgIpc) is 1.82. The smallest absolute Gasteiger partial charge is 0.0131 e. The molecule has 0 saturated heterocycles. The number of allylic oxidation sites excluding steroid dienone is 2. The first-order valence-electron chi connectivity index (χ1n) is 4.70. The molecule has 0 spiro atoms. The molecule has 4 aliphatic carbocycles. The summed E-state index contributed by atoms with van der Waals surface area (Å²) in [7, 11) is 0. The summed E-state index contributed by atoms with van der Waals surface area (Å²) >= 11 is 0. The first kappa shape index (κ1) is 4.58. The molecule has 4 atom stereocenters. The predicted molar refractivity (Wildman–Crippen MR) is 39.5 cm³/mol. The van der Waals surface area contributed by atoms with Gasteiger partial charge in [0.2, 0.25) is 0 Å². The summed E-state index contributed by atoms with van der Waals surface area (Å²) in [5.41, 5.74) is 3.93. The minimum Gasteiger partial charge on any atom is -0.0630 e. The molecule has 52 valence electrons. The molecule has 4 rings (SSSR count). The fourth-order valence-corrected chi connectivity index (χ4v) is 3.70. The summed E-state index contributed by atoms with van der Waals surface area (Å²) in [6, 6.07) is 0. The highest BCUT2D eigenvalue weighted by Gasteiger charge is 2.61. The molecule has 0 heteroatoms. The molecule has 0 radical (unpaired) electrons. The van der Waals surface area contributed by atoms with Crippen LogP contribution in [-0.2, 0) is 0 Å². The van der Waals surface area contributed by atoms with Gasteiger partial charge in [-0.05, 0) is 49.4 Å². The summed E-state index contributed by atoms with van der Waals surface area (Å²) in [6.45, 7) is 0. The quantitative estimate of drug-likeness (QED) is 0.444. The van der Waals surface area contributed by atoms with E-state index in [0.29, 0.717) is 0 Å². The topological polar surface area (TPSA) is 0 Å². The molecular formula is C10H12. The molecule has 0 aliphatic heterocycles. The molecule has 0 heterocycles. The zero-order chi connectivity index (χ0) is 6.29. The molecule has 4 unspecified atom stereocenters. The third-order valence-corrected chi connectivity index (χ3v) is 4.48. The van der Waals surface area contributed by atoms with Gasteiger partial charge in [0.15, 0.2) is 0 Å². The lowest BCUT2D eigenvalue weighted by Gasteiger charge is -2.67. The summed E-state index contributed by atoms with van der Waals surface area (Å²) in [5.74, 6) is 4.54. The first-order chi connectivity index (χ1) is 4.97. The zero-order valence-electron chi connectivity index (χ0n) is 6.14. The van der Waals surface area contributed by atoms with Crippen LogP contribution in [0.3, 0.4) is 0 Å². The maximum absolute atomic E-state index is 1.97. The van der Waals surface area contributed by atoms with E-state index < -0.39 is 0 Å². The van der Waals surface area contributed by atoms with E-state index in [0.717, 1.165) is 23.7 Å². The molecule has 2 fully saturated rings. The molecule has 0 aromatic heterocycles. The largest absolute Gasteiger partial charge is 0.0630 e. The third-order valence-electron chi connectivity index (χ3n) is 4.48. The number of hydrogen-bond donors (Lipinski definition) is 0. The van der Waals surface area contributed by atoms with E-state index in [2.05, 4.69) is 0 Å². The Morgan fingerprint density at radius 2 is 0.900 bits per heavy atom. The summed E-state index contributed by atoms with van der Waals surface area (Å²) in [6.07, 6.45) is 6.19. The minimum atomic E-state index is 1.14. The van der Waals surface area contributed by atoms with Gasteiger partial charge in [-0.3, -0.25) is 0 Å². The Bertz CT molecular complexity index is 199. The molecule has 0 bridgehead atoms. The maximum atomic E-state index is 1.97. The van der Waals surface area contributed by atoms with E-state index in [9.17, 15) is 0 Å². The highest BCUT2D eigenvalue weighted by atomic mass is 14.7.